The standard InChI is InChI=1S/C8H17N3O3/c1-11(2)8(13)5-10-7(12)6-14-4-3-9/h3-6,9H2,1-2H3,(H,10,12). The number of amides is 2. The van der Waals surface area contributed by atoms with Gasteiger partial charge in [-0.2, -0.15) is 0 Å². The lowest BCUT2D eigenvalue weighted by Gasteiger charge is -2.10. The third kappa shape index (κ3) is 6.38. The van der Waals surface area contributed by atoms with Crippen LogP contribution in [0.1, 0.15) is 0 Å². The summed E-state index contributed by atoms with van der Waals surface area (Å²) in [6.07, 6.45) is 0. The summed E-state index contributed by atoms with van der Waals surface area (Å²) >= 11 is 0. The summed E-state index contributed by atoms with van der Waals surface area (Å²) in [5, 5.41) is 2.43. The first-order valence-electron chi connectivity index (χ1n) is 4.32. The van der Waals surface area contributed by atoms with Gasteiger partial charge < -0.3 is 20.7 Å². The Kier molecular flexibility index (Phi) is 6.69. The molecule has 0 bridgehead atoms. The molecule has 3 N–H and O–H groups in total. The molecule has 6 heteroatoms. The van der Waals surface area contributed by atoms with Crippen LogP contribution in [0.3, 0.4) is 0 Å². The van der Waals surface area contributed by atoms with Crippen LogP contribution in [0, 0.1) is 0 Å². The molecule has 0 aliphatic rings. The van der Waals surface area contributed by atoms with Crippen LogP contribution in [0.4, 0.5) is 0 Å². The minimum absolute atomic E-state index is 0.00216. The highest BCUT2D eigenvalue weighted by atomic mass is 16.5. The Morgan fingerprint density at radius 1 is 1.43 bits per heavy atom. The third-order valence-corrected chi connectivity index (χ3v) is 1.43. The number of hydrogen-bond donors (Lipinski definition) is 2. The lowest BCUT2D eigenvalue weighted by Crippen LogP contribution is -2.38. The molecule has 0 spiro atoms. The van der Waals surface area contributed by atoms with Gasteiger partial charge >= 0.3 is 0 Å². The molecule has 2 amide bonds. The van der Waals surface area contributed by atoms with E-state index in [2.05, 4.69) is 5.32 Å². The summed E-state index contributed by atoms with van der Waals surface area (Å²) in [6, 6.07) is 0. The predicted molar refractivity (Wildman–Crippen MR) is 51.6 cm³/mol. The number of nitrogens with one attached hydrogen (secondary N) is 1. The van der Waals surface area contributed by atoms with Gasteiger partial charge in [0.05, 0.1) is 13.2 Å². The lowest BCUT2D eigenvalue weighted by atomic mass is 10.5. The van der Waals surface area contributed by atoms with Crippen LogP contribution in [0.5, 0.6) is 0 Å². The molecule has 14 heavy (non-hydrogen) atoms. The second kappa shape index (κ2) is 7.28. The van der Waals surface area contributed by atoms with Gasteiger partial charge in [0.15, 0.2) is 0 Å². The molecule has 0 aromatic rings. The Labute approximate surface area is 83.4 Å². The van der Waals surface area contributed by atoms with Gasteiger partial charge in [-0.25, -0.2) is 0 Å². The van der Waals surface area contributed by atoms with Crippen molar-refractivity contribution in [2.45, 2.75) is 0 Å². The SMILES string of the molecule is CN(C)C(=O)CNC(=O)COCCN. The molecule has 0 saturated carbocycles. The maximum Gasteiger partial charge on any atom is 0.246 e. The Balaban J connectivity index is 3.49. The van der Waals surface area contributed by atoms with Crippen molar-refractivity contribution in [3.63, 3.8) is 0 Å². The molecule has 0 aromatic heterocycles. The Morgan fingerprint density at radius 3 is 2.57 bits per heavy atom. The number of ether oxygens (including phenoxy) is 1. The predicted octanol–water partition coefficient (Wildman–Crippen LogP) is -1.83. The highest BCUT2D eigenvalue weighted by molar-refractivity contribution is 5.84. The van der Waals surface area contributed by atoms with E-state index in [1.807, 2.05) is 0 Å². The molecule has 0 aliphatic carbocycles. The molecule has 82 valence electrons. The maximum atomic E-state index is 11.0. The average molecular weight is 203 g/mol. The number of likely N-dealkylation sites (N-methyl/N-ethyl adjacent to an activating group) is 1. The normalized spacial score (nSPS) is 9.64. The molecule has 0 unspecified atom stereocenters. The first-order chi connectivity index (χ1) is 6.57. The summed E-state index contributed by atoms with van der Waals surface area (Å²) in [5.74, 6) is -0.467. The largest absolute Gasteiger partial charge is 0.370 e. The molecule has 0 heterocycles. The second-order valence-corrected chi connectivity index (χ2v) is 2.91. The summed E-state index contributed by atoms with van der Waals surface area (Å²) < 4.78 is 4.88. The van der Waals surface area contributed by atoms with Gasteiger partial charge in [-0.05, 0) is 0 Å². The molecule has 0 atom stereocenters. The maximum absolute atomic E-state index is 11.0. The topological polar surface area (TPSA) is 84.7 Å². The minimum atomic E-state index is -0.311. The minimum Gasteiger partial charge on any atom is -0.370 e. The van der Waals surface area contributed by atoms with Gasteiger partial charge in [-0.3, -0.25) is 9.59 Å². The van der Waals surface area contributed by atoms with E-state index in [0.29, 0.717) is 13.2 Å². The number of carbonyl (C=O) groups excluding carboxylic acids is 2. The van der Waals surface area contributed by atoms with E-state index in [-0.39, 0.29) is 25.0 Å². The Hall–Kier alpha value is -1.14. The lowest BCUT2D eigenvalue weighted by molar-refractivity contribution is -0.132. The van der Waals surface area contributed by atoms with Crippen molar-refractivity contribution >= 4 is 11.8 Å². The van der Waals surface area contributed by atoms with Crippen molar-refractivity contribution in [2.75, 3.05) is 40.4 Å². The third-order valence-electron chi connectivity index (χ3n) is 1.43. The Morgan fingerprint density at radius 2 is 2.07 bits per heavy atom. The van der Waals surface area contributed by atoms with Crippen molar-refractivity contribution in [1.82, 2.24) is 10.2 Å². The van der Waals surface area contributed by atoms with E-state index in [4.69, 9.17) is 10.5 Å². The quantitative estimate of drug-likeness (QED) is 0.497. The van der Waals surface area contributed by atoms with Crippen LogP contribution in [-0.2, 0) is 14.3 Å². The zero-order valence-corrected chi connectivity index (χ0v) is 8.58. The van der Waals surface area contributed by atoms with Gasteiger partial charge in [0.2, 0.25) is 11.8 Å². The van der Waals surface area contributed by atoms with Gasteiger partial charge in [0.25, 0.3) is 0 Å². The molecule has 0 radical (unpaired) electrons. The Bertz CT molecular complexity index is 194. The van der Waals surface area contributed by atoms with Crippen LogP contribution < -0.4 is 11.1 Å². The van der Waals surface area contributed by atoms with Crippen molar-refractivity contribution in [3.05, 3.63) is 0 Å². The van der Waals surface area contributed by atoms with Crippen molar-refractivity contribution in [1.29, 1.82) is 0 Å². The first-order valence-corrected chi connectivity index (χ1v) is 4.32. The fourth-order valence-electron chi connectivity index (χ4n) is 0.632. The summed E-state index contributed by atoms with van der Waals surface area (Å²) in [5.41, 5.74) is 5.16. The number of nitrogens with two attached hydrogens (primary N) is 1. The number of carbonyl (C=O) groups is 2. The summed E-state index contributed by atoms with van der Waals surface area (Å²) in [4.78, 5) is 23.4. The molecular weight excluding hydrogens is 186 g/mol. The van der Waals surface area contributed by atoms with E-state index in [1.54, 1.807) is 14.1 Å². The molecule has 0 saturated heterocycles. The number of hydrogen-bond acceptors (Lipinski definition) is 4. The zero-order chi connectivity index (χ0) is 11.0. The van der Waals surface area contributed by atoms with Crippen molar-refractivity contribution in [2.24, 2.45) is 5.73 Å². The second-order valence-electron chi connectivity index (χ2n) is 2.91. The summed E-state index contributed by atoms with van der Waals surface area (Å²) in [6.45, 7) is 0.661. The van der Waals surface area contributed by atoms with E-state index < -0.39 is 0 Å². The monoisotopic (exact) mass is 203 g/mol. The molecule has 0 aromatic carbocycles. The molecular formula is C8H17N3O3. The van der Waals surface area contributed by atoms with Gasteiger partial charge in [-0.1, -0.05) is 0 Å². The van der Waals surface area contributed by atoms with Gasteiger partial charge in [0.1, 0.15) is 6.61 Å². The van der Waals surface area contributed by atoms with Crippen molar-refractivity contribution < 1.29 is 14.3 Å². The highest BCUT2D eigenvalue weighted by Crippen LogP contribution is 1.77. The van der Waals surface area contributed by atoms with Crippen molar-refractivity contribution in [3.8, 4) is 0 Å². The van der Waals surface area contributed by atoms with Crippen LogP contribution >= 0.6 is 0 Å². The molecule has 0 fully saturated rings. The first kappa shape index (κ1) is 12.9. The number of nitrogens with zero attached hydrogens (tertiary/aromatic N) is 1. The fourth-order valence-corrected chi connectivity index (χ4v) is 0.632. The average Bonchev–Trinajstić information content (AvgIpc) is 2.14. The van der Waals surface area contributed by atoms with Crippen LogP contribution in [0.2, 0.25) is 0 Å². The van der Waals surface area contributed by atoms with Gasteiger partial charge in [-0.15, -0.1) is 0 Å². The number of rotatable bonds is 6. The van der Waals surface area contributed by atoms with Crippen LogP contribution in [0.15, 0.2) is 0 Å². The molecule has 0 aliphatic heterocycles. The zero-order valence-electron chi connectivity index (χ0n) is 8.58. The van der Waals surface area contributed by atoms with Crippen LogP contribution in [0.25, 0.3) is 0 Å². The molecule has 6 nitrogen and oxygen atoms in total. The molecule has 0 rings (SSSR count). The smallest absolute Gasteiger partial charge is 0.246 e. The highest BCUT2D eigenvalue weighted by Gasteiger charge is 2.06. The van der Waals surface area contributed by atoms with E-state index in [0.717, 1.165) is 0 Å². The van der Waals surface area contributed by atoms with E-state index in [9.17, 15) is 9.59 Å². The fraction of sp³-hybridized carbons (Fsp3) is 0.750. The summed E-state index contributed by atoms with van der Waals surface area (Å²) in [7, 11) is 3.25. The van der Waals surface area contributed by atoms with Crippen LogP contribution in [-0.4, -0.2) is 57.1 Å². The van der Waals surface area contributed by atoms with E-state index in [1.165, 1.54) is 4.90 Å². The van der Waals surface area contributed by atoms with Gasteiger partial charge in [0, 0.05) is 20.6 Å². The van der Waals surface area contributed by atoms with E-state index >= 15 is 0 Å².